The quantitative estimate of drug-likeness (QED) is 0.508. The van der Waals surface area contributed by atoms with E-state index in [1.807, 2.05) is 5.16 Å². The second-order valence-electron chi connectivity index (χ2n) is 5.78. The van der Waals surface area contributed by atoms with Crippen LogP contribution < -0.4 is 4.72 Å². The Hall–Kier alpha value is -1.77. The molecule has 27 heavy (non-hydrogen) atoms. The molecule has 2 aromatic carbocycles. The van der Waals surface area contributed by atoms with Gasteiger partial charge in [-0.25, -0.2) is 13.1 Å². The van der Waals surface area contributed by atoms with E-state index < -0.39 is 27.8 Å². The van der Waals surface area contributed by atoms with Crippen molar-refractivity contribution in [2.75, 3.05) is 6.26 Å². The van der Waals surface area contributed by atoms with Gasteiger partial charge in [0.15, 0.2) is 0 Å². The van der Waals surface area contributed by atoms with E-state index in [2.05, 4.69) is 21.9 Å². The normalized spacial score (nSPS) is 13.1. The molecule has 0 bridgehead atoms. The highest BCUT2D eigenvalue weighted by molar-refractivity contribution is 7.88. The van der Waals surface area contributed by atoms with Crippen LogP contribution in [0.5, 0.6) is 0 Å². The van der Waals surface area contributed by atoms with Gasteiger partial charge in [0.25, 0.3) is 0 Å². The molecule has 0 fully saturated rings. The maximum absolute atomic E-state index is 13.5. The van der Waals surface area contributed by atoms with Crippen molar-refractivity contribution in [1.29, 1.82) is 0 Å². The van der Waals surface area contributed by atoms with Gasteiger partial charge in [-0.1, -0.05) is 35.9 Å². The summed E-state index contributed by atoms with van der Waals surface area (Å²) >= 11 is 10.5. The Morgan fingerprint density at radius 1 is 1.22 bits per heavy atom. The minimum absolute atomic E-state index is 0.0475. The summed E-state index contributed by atoms with van der Waals surface area (Å²) in [6.07, 6.45) is -3.63. The maximum atomic E-state index is 13.5. The fourth-order valence-corrected chi connectivity index (χ4v) is 3.76. The Morgan fingerprint density at radius 2 is 1.81 bits per heavy atom. The zero-order valence-electron chi connectivity index (χ0n) is 14.1. The number of rotatable bonds is 5. The Balaban J connectivity index is 2.53. The van der Waals surface area contributed by atoms with Crippen LogP contribution in [-0.4, -0.2) is 19.8 Å². The summed E-state index contributed by atoms with van der Waals surface area (Å²) < 4.78 is 65.5. The molecular formula is C17H14ClF3N2O2S2. The average Bonchev–Trinajstić information content (AvgIpc) is 2.52. The summed E-state index contributed by atoms with van der Waals surface area (Å²) in [5.41, 5.74) is -0.359. The lowest BCUT2D eigenvalue weighted by Gasteiger charge is -2.17. The standard InChI is InChI=1S/C17H14ClF3N2O2S2/c1-10(23-27(2,24)25)11-3-5-12(6-4-11)16-14(17(19,20)21)7-13(22-9-26)8-15(16)18/h3-8,10,23H,1-2H3/t10-/m1/s1. The third-order valence-corrected chi connectivity index (χ3v) is 4.82. The SMILES string of the molecule is C[C@@H](NS(C)(=O)=O)c1ccc(-c2c(Cl)cc(N=C=S)cc2C(F)(F)F)cc1. The largest absolute Gasteiger partial charge is 0.417 e. The number of nitrogens with one attached hydrogen (secondary N) is 1. The van der Waals surface area contributed by atoms with Gasteiger partial charge in [-0.2, -0.15) is 18.2 Å². The minimum Gasteiger partial charge on any atom is -0.213 e. The molecule has 0 radical (unpaired) electrons. The van der Waals surface area contributed by atoms with Crippen molar-refractivity contribution < 1.29 is 21.6 Å². The number of benzene rings is 2. The molecule has 0 saturated carbocycles. The molecule has 1 atom stereocenters. The molecule has 0 unspecified atom stereocenters. The van der Waals surface area contributed by atoms with E-state index in [1.54, 1.807) is 6.92 Å². The van der Waals surface area contributed by atoms with Gasteiger partial charge in [0.1, 0.15) is 0 Å². The fourth-order valence-electron chi connectivity index (χ4n) is 2.55. The summed E-state index contributed by atoms with van der Waals surface area (Å²) in [5, 5.41) is 1.88. The summed E-state index contributed by atoms with van der Waals surface area (Å²) in [5.74, 6) is 0. The van der Waals surface area contributed by atoms with Crippen molar-refractivity contribution in [1.82, 2.24) is 4.72 Å². The van der Waals surface area contributed by atoms with Gasteiger partial charge >= 0.3 is 6.18 Å². The molecule has 0 aliphatic rings. The zero-order valence-corrected chi connectivity index (χ0v) is 16.5. The van der Waals surface area contributed by atoms with Crippen LogP contribution in [0.1, 0.15) is 24.1 Å². The molecule has 0 spiro atoms. The Morgan fingerprint density at radius 3 is 2.30 bits per heavy atom. The second-order valence-corrected chi connectivity index (χ2v) is 8.15. The lowest BCUT2D eigenvalue weighted by atomic mass is 9.96. The molecule has 2 aromatic rings. The van der Waals surface area contributed by atoms with Crippen LogP contribution in [0.3, 0.4) is 0 Å². The number of hydrogen-bond donors (Lipinski definition) is 1. The van der Waals surface area contributed by atoms with Gasteiger partial charge in [-0.05, 0) is 42.4 Å². The van der Waals surface area contributed by atoms with Crippen molar-refractivity contribution in [2.45, 2.75) is 19.1 Å². The van der Waals surface area contributed by atoms with Crippen LogP contribution in [0.2, 0.25) is 5.02 Å². The molecule has 0 aliphatic heterocycles. The molecular weight excluding hydrogens is 421 g/mol. The first kappa shape index (κ1) is 21.5. The molecule has 144 valence electrons. The number of thiocarbonyl (C=S) groups is 1. The van der Waals surface area contributed by atoms with Crippen molar-refractivity contribution in [3.05, 3.63) is 52.5 Å². The van der Waals surface area contributed by atoms with Crippen LogP contribution in [0.4, 0.5) is 18.9 Å². The first-order chi connectivity index (χ1) is 12.4. The lowest BCUT2D eigenvalue weighted by Crippen LogP contribution is -2.25. The van der Waals surface area contributed by atoms with Crippen molar-refractivity contribution >= 4 is 44.7 Å². The molecule has 0 aliphatic carbocycles. The first-order valence-corrected chi connectivity index (χ1v) is 10.2. The van der Waals surface area contributed by atoms with Gasteiger partial charge in [0, 0.05) is 11.6 Å². The van der Waals surface area contributed by atoms with Crippen molar-refractivity contribution in [3.8, 4) is 11.1 Å². The van der Waals surface area contributed by atoms with E-state index in [0.717, 1.165) is 12.3 Å². The van der Waals surface area contributed by atoms with Gasteiger partial charge in [0.05, 0.1) is 27.7 Å². The first-order valence-electron chi connectivity index (χ1n) is 7.48. The van der Waals surface area contributed by atoms with Crippen LogP contribution >= 0.6 is 23.8 Å². The number of aliphatic imine (C=N–C) groups is 1. The second kappa shape index (κ2) is 8.08. The highest BCUT2D eigenvalue weighted by Gasteiger charge is 2.35. The van der Waals surface area contributed by atoms with Crippen molar-refractivity contribution in [2.24, 2.45) is 4.99 Å². The van der Waals surface area contributed by atoms with E-state index in [1.165, 1.54) is 30.3 Å². The number of halogens is 4. The molecule has 1 N–H and O–H groups in total. The monoisotopic (exact) mass is 434 g/mol. The third kappa shape index (κ3) is 5.60. The topological polar surface area (TPSA) is 58.5 Å². The summed E-state index contributed by atoms with van der Waals surface area (Å²) in [4.78, 5) is 3.56. The summed E-state index contributed by atoms with van der Waals surface area (Å²) in [7, 11) is -3.42. The Bertz CT molecular complexity index is 1000. The minimum atomic E-state index is -4.66. The van der Waals surface area contributed by atoms with Crippen LogP contribution in [0.25, 0.3) is 11.1 Å². The predicted molar refractivity (Wildman–Crippen MR) is 103 cm³/mol. The predicted octanol–water partition coefficient (Wildman–Crippen LogP) is 5.37. The van der Waals surface area contributed by atoms with Crippen LogP contribution in [0.15, 0.2) is 41.4 Å². The summed E-state index contributed by atoms with van der Waals surface area (Å²) in [6.45, 7) is 1.63. The van der Waals surface area contributed by atoms with E-state index >= 15 is 0 Å². The van der Waals surface area contributed by atoms with Crippen molar-refractivity contribution in [3.63, 3.8) is 0 Å². The van der Waals surface area contributed by atoms with Gasteiger partial charge in [0.2, 0.25) is 10.0 Å². The Kier molecular flexibility index (Phi) is 6.44. The molecule has 2 rings (SSSR count). The van der Waals surface area contributed by atoms with Crippen LogP contribution in [0, 0.1) is 0 Å². The van der Waals surface area contributed by atoms with E-state index in [0.29, 0.717) is 5.56 Å². The van der Waals surface area contributed by atoms with E-state index in [4.69, 9.17) is 11.6 Å². The third-order valence-electron chi connectivity index (χ3n) is 3.65. The van der Waals surface area contributed by atoms with E-state index in [-0.39, 0.29) is 21.8 Å². The lowest BCUT2D eigenvalue weighted by molar-refractivity contribution is -0.137. The van der Waals surface area contributed by atoms with E-state index in [9.17, 15) is 21.6 Å². The number of hydrogen-bond acceptors (Lipinski definition) is 4. The summed E-state index contributed by atoms with van der Waals surface area (Å²) in [6, 6.07) is 7.57. The van der Waals surface area contributed by atoms with Gasteiger partial charge < -0.3 is 0 Å². The zero-order chi connectivity index (χ0) is 20.4. The number of alkyl halides is 3. The molecule has 0 heterocycles. The fraction of sp³-hybridized carbons (Fsp3) is 0.235. The van der Waals surface area contributed by atoms with Gasteiger partial charge in [-0.3, -0.25) is 0 Å². The highest BCUT2D eigenvalue weighted by atomic mass is 35.5. The molecule has 0 saturated heterocycles. The average molecular weight is 435 g/mol. The number of nitrogens with zero attached hydrogens (tertiary/aromatic N) is 1. The maximum Gasteiger partial charge on any atom is 0.417 e. The molecule has 4 nitrogen and oxygen atoms in total. The van der Waals surface area contributed by atoms with Gasteiger partial charge in [-0.15, -0.1) is 0 Å². The van der Waals surface area contributed by atoms with Crippen LogP contribution in [-0.2, 0) is 16.2 Å². The highest BCUT2D eigenvalue weighted by Crippen LogP contribution is 2.43. The molecule has 10 heteroatoms. The molecule has 0 amide bonds. The smallest absolute Gasteiger partial charge is 0.213 e. The molecule has 0 aromatic heterocycles. The Labute approximate surface area is 165 Å². The number of sulfonamides is 1. The number of isothiocyanates is 1.